The van der Waals surface area contributed by atoms with E-state index in [0.29, 0.717) is 19.6 Å². The molecule has 1 aliphatic heterocycles. The van der Waals surface area contributed by atoms with Crippen LogP contribution in [0.4, 0.5) is 8.78 Å². The van der Waals surface area contributed by atoms with Crippen LogP contribution in [0.25, 0.3) is 0 Å². The first-order valence-electron chi connectivity index (χ1n) is 2.61. The first-order chi connectivity index (χ1) is 4.30. The molecule has 0 aromatic carbocycles. The Labute approximate surface area is 51.1 Å². The minimum atomic E-state index is -1.88. The van der Waals surface area contributed by atoms with Crippen LogP contribution in [0, 0.1) is 0 Å². The van der Waals surface area contributed by atoms with Crippen molar-refractivity contribution in [3.8, 4) is 0 Å². The van der Waals surface area contributed by atoms with Crippen LogP contribution in [-0.2, 0) is 9.47 Å². The van der Waals surface area contributed by atoms with Crippen molar-refractivity contribution < 1.29 is 18.3 Å². The second-order valence-electron chi connectivity index (χ2n) is 1.60. The summed E-state index contributed by atoms with van der Waals surface area (Å²) in [6, 6.07) is 0. The van der Waals surface area contributed by atoms with E-state index in [2.05, 4.69) is 9.47 Å². The van der Waals surface area contributed by atoms with E-state index in [1.54, 1.807) is 0 Å². The standard InChI is InChI=1S/C5H6F2O2/c6-4(7)5-8-2-1-3-9-5/h1-3H2. The van der Waals surface area contributed by atoms with E-state index >= 15 is 0 Å². The average molecular weight is 136 g/mol. The van der Waals surface area contributed by atoms with Crippen LogP contribution in [0.3, 0.4) is 0 Å². The quantitative estimate of drug-likeness (QED) is 0.502. The van der Waals surface area contributed by atoms with Gasteiger partial charge in [0.15, 0.2) is 0 Å². The summed E-state index contributed by atoms with van der Waals surface area (Å²) in [5.41, 5.74) is 0. The molecule has 2 nitrogen and oxygen atoms in total. The molecule has 52 valence electrons. The molecule has 0 radical (unpaired) electrons. The van der Waals surface area contributed by atoms with Crippen LogP contribution in [-0.4, -0.2) is 13.2 Å². The molecule has 0 aromatic heterocycles. The van der Waals surface area contributed by atoms with Gasteiger partial charge in [-0.2, -0.15) is 8.78 Å². The molecule has 0 saturated carbocycles. The second kappa shape index (κ2) is 2.66. The minimum Gasteiger partial charge on any atom is -0.461 e. The highest BCUT2D eigenvalue weighted by atomic mass is 19.3. The minimum absolute atomic E-state index is 0.326. The Hall–Kier alpha value is -0.800. The third-order valence-corrected chi connectivity index (χ3v) is 0.909. The van der Waals surface area contributed by atoms with Gasteiger partial charge in [0.1, 0.15) is 0 Å². The van der Waals surface area contributed by atoms with Crippen molar-refractivity contribution in [3.05, 3.63) is 12.0 Å². The highest BCUT2D eigenvalue weighted by Gasteiger charge is 2.12. The van der Waals surface area contributed by atoms with Crippen LogP contribution < -0.4 is 0 Å². The van der Waals surface area contributed by atoms with Gasteiger partial charge in [0.05, 0.1) is 13.2 Å². The van der Waals surface area contributed by atoms with Gasteiger partial charge >= 0.3 is 12.0 Å². The topological polar surface area (TPSA) is 18.5 Å². The maximum absolute atomic E-state index is 11.6. The Morgan fingerprint density at radius 3 is 2.11 bits per heavy atom. The molecule has 1 heterocycles. The van der Waals surface area contributed by atoms with Gasteiger partial charge in [-0.1, -0.05) is 0 Å². The van der Waals surface area contributed by atoms with Gasteiger partial charge in [0, 0.05) is 6.42 Å². The van der Waals surface area contributed by atoms with E-state index in [1.165, 1.54) is 0 Å². The van der Waals surface area contributed by atoms with E-state index < -0.39 is 12.0 Å². The zero-order valence-corrected chi connectivity index (χ0v) is 4.69. The van der Waals surface area contributed by atoms with Crippen molar-refractivity contribution in [3.63, 3.8) is 0 Å². The summed E-state index contributed by atoms with van der Waals surface area (Å²) < 4.78 is 32.0. The van der Waals surface area contributed by atoms with Gasteiger partial charge in [-0.05, 0) is 0 Å². The Kier molecular flexibility index (Phi) is 1.87. The van der Waals surface area contributed by atoms with Crippen molar-refractivity contribution in [1.29, 1.82) is 0 Å². The maximum atomic E-state index is 11.6. The molecule has 0 N–H and O–H groups in total. The average Bonchev–Trinajstić information content (AvgIpc) is 1.90. The Balaban J connectivity index is 2.49. The zero-order chi connectivity index (χ0) is 6.69. The molecule has 1 rings (SSSR count). The third-order valence-electron chi connectivity index (χ3n) is 0.909. The summed E-state index contributed by atoms with van der Waals surface area (Å²) in [7, 11) is 0. The molecule has 1 saturated heterocycles. The highest BCUT2D eigenvalue weighted by molar-refractivity contribution is 4.84. The lowest BCUT2D eigenvalue weighted by Gasteiger charge is -2.15. The van der Waals surface area contributed by atoms with Gasteiger partial charge in [-0.3, -0.25) is 0 Å². The molecule has 1 aliphatic rings. The predicted molar refractivity (Wildman–Crippen MR) is 25.8 cm³/mol. The van der Waals surface area contributed by atoms with Gasteiger partial charge in [-0.25, -0.2) is 0 Å². The monoisotopic (exact) mass is 136 g/mol. The summed E-state index contributed by atoms with van der Waals surface area (Å²) in [6.45, 7) is 0.652. The summed E-state index contributed by atoms with van der Waals surface area (Å²) in [6.07, 6.45) is -1.20. The Morgan fingerprint density at radius 2 is 1.78 bits per heavy atom. The number of ether oxygens (including phenoxy) is 2. The summed E-state index contributed by atoms with van der Waals surface area (Å²) in [5, 5.41) is 0. The highest BCUT2D eigenvalue weighted by Crippen LogP contribution is 2.14. The smallest absolute Gasteiger partial charge is 0.350 e. The molecule has 4 heteroatoms. The first-order valence-corrected chi connectivity index (χ1v) is 2.61. The molecule has 9 heavy (non-hydrogen) atoms. The molecule has 0 amide bonds. The van der Waals surface area contributed by atoms with Crippen LogP contribution in [0.2, 0.25) is 0 Å². The Morgan fingerprint density at radius 1 is 1.22 bits per heavy atom. The van der Waals surface area contributed by atoms with E-state index in [-0.39, 0.29) is 0 Å². The van der Waals surface area contributed by atoms with Crippen molar-refractivity contribution in [2.45, 2.75) is 6.42 Å². The number of halogens is 2. The van der Waals surface area contributed by atoms with Gasteiger partial charge in [0.25, 0.3) is 0 Å². The SMILES string of the molecule is FC(F)=C1OCCCO1. The fourth-order valence-corrected chi connectivity index (χ4v) is 0.539. The van der Waals surface area contributed by atoms with Crippen molar-refractivity contribution in [2.24, 2.45) is 0 Å². The largest absolute Gasteiger partial charge is 0.461 e. The molecular formula is C5H6F2O2. The van der Waals surface area contributed by atoms with Gasteiger partial charge in [-0.15, -0.1) is 0 Å². The summed E-state index contributed by atoms with van der Waals surface area (Å²) in [5.74, 6) is -0.610. The number of rotatable bonds is 0. The fraction of sp³-hybridized carbons (Fsp3) is 0.600. The Bertz CT molecular complexity index is 121. The van der Waals surface area contributed by atoms with Crippen LogP contribution in [0.1, 0.15) is 6.42 Å². The first kappa shape index (κ1) is 6.32. The fourth-order valence-electron chi connectivity index (χ4n) is 0.539. The predicted octanol–water partition coefficient (Wildman–Crippen LogP) is 1.49. The van der Waals surface area contributed by atoms with E-state index in [9.17, 15) is 8.78 Å². The van der Waals surface area contributed by atoms with Gasteiger partial charge < -0.3 is 9.47 Å². The van der Waals surface area contributed by atoms with E-state index in [1.807, 2.05) is 0 Å². The lowest BCUT2D eigenvalue weighted by Crippen LogP contribution is -2.10. The molecule has 0 atom stereocenters. The number of hydrogen-bond acceptors (Lipinski definition) is 2. The molecule has 0 spiro atoms. The van der Waals surface area contributed by atoms with Crippen molar-refractivity contribution in [2.75, 3.05) is 13.2 Å². The lowest BCUT2D eigenvalue weighted by atomic mass is 10.5. The summed E-state index contributed by atoms with van der Waals surface area (Å²) in [4.78, 5) is 0. The van der Waals surface area contributed by atoms with Crippen LogP contribution in [0.15, 0.2) is 12.0 Å². The van der Waals surface area contributed by atoms with E-state index in [4.69, 9.17) is 0 Å². The maximum Gasteiger partial charge on any atom is 0.350 e. The van der Waals surface area contributed by atoms with E-state index in [0.717, 1.165) is 0 Å². The summed E-state index contributed by atoms with van der Waals surface area (Å²) >= 11 is 0. The van der Waals surface area contributed by atoms with Crippen molar-refractivity contribution in [1.82, 2.24) is 0 Å². The van der Waals surface area contributed by atoms with Crippen LogP contribution in [0.5, 0.6) is 0 Å². The molecule has 0 bridgehead atoms. The molecule has 0 aliphatic carbocycles. The zero-order valence-electron chi connectivity index (χ0n) is 4.69. The van der Waals surface area contributed by atoms with Gasteiger partial charge in [0.2, 0.25) is 0 Å². The number of hydrogen-bond donors (Lipinski definition) is 0. The van der Waals surface area contributed by atoms with Crippen LogP contribution >= 0.6 is 0 Å². The second-order valence-corrected chi connectivity index (χ2v) is 1.60. The molecule has 0 aromatic rings. The molecule has 1 fully saturated rings. The normalized spacial score (nSPS) is 18.2. The molecule has 0 unspecified atom stereocenters. The molecular weight excluding hydrogens is 130 g/mol. The third kappa shape index (κ3) is 1.55. The lowest BCUT2D eigenvalue weighted by molar-refractivity contribution is -0.0288. The van der Waals surface area contributed by atoms with Crippen molar-refractivity contribution >= 4 is 0 Å².